The zero-order valence-corrected chi connectivity index (χ0v) is 13.1. The molecule has 0 aliphatic heterocycles. The lowest BCUT2D eigenvalue weighted by Crippen LogP contribution is -2.11. The Labute approximate surface area is 126 Å². The second-order valence-electron chi connectivity index (χ2n) is 4.30. The molecule has 1 atom stereocenters. The van der Waals surface area contributed by atoms with Crippen molar-refractivity contribution in [3.63, 3.8) is 0 Å². The van der Waals surface area contributed by atoms with Crippen molar-refractivity contribution in [1.29, 1.82) is 0 Å². The third kappa shape index (κ3) is 3.46. The Hall–Kier alpha value is -1.21. The van der Waals surface area contributed by atoms with Crippen molar-refractivity contribution in [1.82, 2.24) is 14.5 Å². The average molecular weight is 311 g/mol. The highest BCUT2D eigenvalue weighted by Gasteiger charge is 2.17. The fraction of sp³-hybridized carbons (Fsp3) is 0.462. The van der Waals surface area contributed by atoms with Crippen LogP contribution < -0.4 is 0 Å². The molecule has 2 aromatic rings. The molecule has 0 saturated carbocycles. The van der Waals surface area contributed by atoms with Crippen molar-refractivity contribution in [2.75, 3.05) is 17.3 Å². The van der Waals surface area contributed by atoms with Crippen molar-refractivity contribution < 1.29 is 9.90 Å². The number of carboxylic acid groups (broad SMARTS) is 1. The van der Waals surface area contributed by atoms with Crippen molar-refractivity contribution in [2.24, 2.45) is 0 Å². The number of hydrogen-bond donors (Lipinski definition) is 1. The summed E-state index contributed by atoms with van der Waals surface area (Å²) in [5.41, 5.74) is 1.64. The summed E-state index contributed by atoms with van der Waals surface area (Å²) in [4.78, 5) is 19.7. The third-order valence-corrected chi connectivity index (χ3v) is 4.81. The number of carbonyl (C=O) groups is 1. The van der Waals surface area contributed by atoms with Gasteiger partial charge >= 0.3 is 5.97 Å². The molecule has 1 unspecified atom stereocenters. The normalized spacial score (nSPS) is 12.7. The molecule has 2 heterocycles. The van der Waals surface area contributed by atoms with Crippen LogP contribution in [0.1, 0.15) is 19.9 Å². The lowest BCUT2D eigenvalue weighted by atomic mass is 10.4. The highest BCUT2D eigenvalue weighted by atomic mass is 32.2. The maximum Gasteiger partial charge on any atom is 0.313 e. The topological polar surface area (TPSA) is 68.0 Å². The van der Waals surface area contributed by atoms with Crippen molar-refractivity contribution in [2.45, 2.75) is 25.0 Å². The molecule has 108 valence electrons. The van der Waals surface area contributed by atoms with Crippen molar-refractivity contribution >= 4 is 40.7 Å². The molecule has 2 aromatic heterocycles. The number of nitrogens with zero attached hydrogens (tertiary/aromatic N) is 3. The Kier molecular flexibility index (Phi) is 5.31. The number of rotatable bonds is 7. The molecule has 1 N–H and O–H groups in total. The average Bonchev–Trinajstić information content (AvgIpc) is 2.81. The minimum absolute atomic E-state index is 0.0109. The fourth-order valence-corrected chi connectivity index (χ4v) is 3.44. The van der Waals surface area contributed by atoms with Gasteiger partial charge in [0.25, 0.3) is 0 Å². The maximum atomic E-state index is 10.8. The van der Waals surface area contributed by atoms with Crippen LogP contribution in [-0.4, -0.2) is 42.9 Å². The molecule has 0 aromatic carbocycles. The van der Waals surface area contributed by atoms with E-state index in [1.165, 1.54) is 11.8 Å². The fourth-order valence-electron chi connectivity index (χ4n) is 1.90. The molecular formula is C13H17N3O2S2. The van der Waals surface area contributed by atoms with Gasteiger partial charge in [0.2, 0.25) is 0 Å². The highest BCUT2D eigenvalue weighted by Crippen LogP contribution is 2.28. The molecule has 0 radical (unpaired) electrons. The van der Waals surface area contributed by atoms with E-state index in [9.17, 15) is 4.79 Å². The predicted molar refractivity (Wildman–Crippen MR) is 83.6 cm³/mol. The van der Waals surface area contributed by atoms with Gasteiger partial charge in [-0.2, -0.15) is 11.8 Å². The molecule has 0 fully saturated rings. The summed E-state index contributed by atoms with van der Waals surface area (Å²) in [7, 11) is 0. The number of fused-ring (bicyclic) bond motifs is 1. The largest absolute Gasteiger partial charge is 0.481 e. The summed E-state index contributed by atoms with van der Waals surface area (Å²) in [5.74, 6) is 1.19. The van der Waals surface area contributed by atoms with Crippen LogP contribution in [0.2, 0.25) is 0 Å². The van der Waals surface area contributed by atoms with Gasteiger partial charge in [-0.1, -0.05) is 18.7 Å². The molecule has 0 saturated heterocycles. The van der Waals surface area contributed by atoms with E-state index >= 15 is 0 Å². The summed E-state index contributed by atoms with van der Waals surface area (Å²) in [5, 5.41) is 9.57. The van der Waals surface area contributed by atoms with Crippen LogP contribution in [0.15, 0.2) is 23.5 Å². The van der Waals surface area contributed by atoms with E-state index in [-0.39, 0.29) is 11.8 Å². The van der Waals surface area contributed by atoms with E-state index in [1.807, 2.05) is 28.5 Å². The van der Waals surface area contributed by atoms with Gasteiger partial charge < -0.3 is 5.11 Å². The molecule has 0 spiro atoms. The van der Waals surface area contributed by atoms with E-state index in [4.69, 9.17) is 5.11 Å². The zero-order chi connectivity index (χ0) is 14.5. The Bertz CT molecular complexity index is 600. The maximum absolute atomic E-state index is 10.8. The summed E-state index contributed by atoms with van der Waals surface area (Å²) in [6.07, 6.45) is 1.74. The molecular weight excluding hydrogens is 294 g/mol. The van der Waals surface area contributed by atoms with Crippen LogP contribution in [0.4, 0.5) is 0 Å². The number of aromatic nitrogens is 3. The second kappa shape index (κ2) is 6.99. The van der Waals surface area contributed by atoms with Gasteiger partial charge in [0.15, 0.2) is 10.8 Å². The van der Waals surface area contributed by atoms with Crippen LogP contribution >= 0.6 is 23.5 Å². The molecule has 0 aliphatic carbocycles. The first-order valence-corrected chi connectivity index (χ1v) is 8.52. The van der Waals surface area contributed by atoms with E-state index in [0.717, 1.165) is 27.8 Å². The van der Waals surface area contributed by atoms with Crippen LogP contribution in [0.25, 0.3) is 11.2 Å². The Morgan fingerprint density at radius 1 is 1.55 bits per heavy atom. The van der Waals surface area contributed by atoms with E-state index in [1.54, 1.807) is 6.20 Å². The standard InChI is InChI=1S/C13H17N3O2S2/c1-3-19-7-9(2)16-12-10(5-4-6-14-12)15-13(16)20-8-11(17)18/h4-6,9H,3,7-8H2,1-2H3,(H,17,18). The van der Waals surface area contributed by atoms with Gasteiger partial charge in [0.1, 0.15) is 5.52 Å². The molecule has 0 amide bonds. The molecule has 2 rings (SSSR count). The summed E-state index contributed by atoms with van der Waals surface area (Å²) in [6.45, 7) is 4.24. The van der Waals surface area contributed by atoms with Crippen LogP contribution in [-0.2, 0) is 4.79 Å². The number of carboxylic acids is 1. The Morgan fingerprint density at radius 3 is 3.05 bits per heavy atom. The number of aliphatic carboxylic acids is 1. The zero-order valence-electron chi connectivity index (χ0n) is 11.4. The van der Waals surface area contributed by atoms with E-state index < -0.39 is 5.97 Å². The Morgan fingerprint density at radius 2 is 2.35 bits per heavy atom. The van der Waals surface area contributed by atoms with Gasteiger partial charge in [-0.15, -0.1) is 0 Å². The lowest BCUT2D eigenvalue weighted by Gasteiger charge is -2.15. The molecule has 5 nitrogen and oxygen atoms in total. The van der Waals surface area contributed by atoms with Crippen LogP contribution in [0, 0.1) is 0 Å². The number of hydrogen-bond acceptors (Lipinski definition) is 5. The van der Waals surface area contributed by atoms with Gasteiger partial charge in [-0.05, 0) is 24.8 Å². The van der Waals surface area contributed by atoms with Crippen LogP contribution in [0.5, 0.6) is 0 Å². The number of pyridine rings is 1. The number of thioether (sulfide) groups is 2. The van der Waals surface area contributed by atoms with Crippen molar-refractivity contribution in [3.8, 4) is 0 Å². The van der Waals surface area contributed by atoms with Gasteiger partial charge in [-0.25, -0.2) is 9.97 Å². The third-order valence-electron chi connectivity index (χ3n) is 2.75. The lowest BCUT2D eigenvalue weighted by molar-refractivity contribution is -0.133. The quantitative estimate of drug-likeness (QED) is 0.793. The molecule has 7 heteroatoms. The first kappa shape index (κ1) is 15.2. The minimum Gasteiger partial charge on any atom is -0.481 e. The first-order valence-electron chi connectivity index (χ1n) is 6.38. The molecule has 0 bridgehead atoms. The van der Waals surface area contributed by atoms with Gasteiger partial charge in [-0.3, -0.25) is 9.36 Å². The minimum atomic E-state index is -0.836. The highest BCUT2D eigenvalue weighted by molar-refractivity contribution is 7.99. The van der Waals surface area contributed by atoms with Crippen LogP contribution in [0.3, 0.4) is 0 Å². The molecule has 0 aliphatic rings. The monoisotopic (exact) mass is 311 g/mol. The summed E-state index contributed by atoms with van der Waals surface area (Å²) >= 11 is 3.10. The number of imidazole rings is 1. The predicted octanol–water partition coefficient (Wildman–Crippen LogP) is 2.92. The van der Waals surface area contributed by atoms with Crippen molar-refractivity contribution in [3.05, 3.63) is 18.3 Å². The summed E-state index contributed by atoms with van der Waals surface area (Å²) in [6, 6.07) is 3.98. The summed E-state index contributed by atoms with van der Waals surface area (Å²) < 4.78 is 2.05. The second-order valence-corrected chi connectivity index (χ2v) is 6.56. The molecule has 20 heavy (non-hydrogen) atoms. The smallest absolute Gasteiger partial charge is 0.313 e. The SMILES string of the molecule is CCSCC(C)n1c(SCC(=O)O)nc2cccnc21. The van der Waals surface area contributed by atoms with Gasteiger partial charge in [0, 0.05) is 18.0 Å². The Balaban J connectivity index is 2.36. The van der Waals surface area contributed by atoms with Gasteiger partial charge in [0.05, 0.1) is 5.75 Å². The first-order chi connectivity index (χ1) is 9.63. The van der Waals surface area contributed by atoms with E-state index in [2.05, 4.69) is 23.8 Å². The van der Waals surface area contributed by atoms with E-state index in [0.29, 0.717) is 0 Å².